The van der Waals surface area contributed by atoms with Crippen LogP contribution in [0.3, 0.4) is 0 Å². The molecule has 36 heavy (non-hydrogen) atoms. The maximum absolute atomic E-state index is 12.2. The Labute approximate surface area is 208 Å². The van der Waals surface area contributed by atoms with Gasteiger partial charge < -0.3 is 14.8 Å². The summed E-state index contributed by atoms with van der Waals surface area (Å²) in [5.41, 5.74) is 4.19. The molecule has 1 aromatic carbocycles. The molecular weight excluding hydrogens is 456 g/mol. The first-order valence-corrected chi connectivity index (χ1v) is 12.0. The number of anilines is 2. The van der Waals surface area contributed by atoms with Crippen LogP contribution in [0.5, 0.6) is 5.88 Å². The summed E-state index contributed by atoms with van der Waals surface area (Å²) in [5.74, 6) is 1.69. The average molecular weight is 483 g/mol. The average Bonchev–Trinajstić information content (AvgIpc) is 3.85. The molecule has 0 amide bonds. The largest absolute Gasteiger partial charge is 0.473 e. The van der Waals surface area contributed by atoms with Gasteiger partial charge in [0, 0.05) is 18.8 Å². The van der Waals surface area contributed by atoms with Crippen molar-refractivity contribution in [2.24, 2.45) is 7.05 Å². The van der Waals surface area contributed by atoms with Gasteiger partial charge in [-0.3, -0.25) is 19.4 Å². The van der Waals surface area contributed by atoms with Gasteiger partial charge in [0.05, 0.1) is 42.4 Å². The Balaban J connectivity index is 1.21. The van der Waals surface area contributed by atoms with E-state index < -0.39 is 5.41 Å². The zero-order valence-corrected chi connectivity index (χ0v) is 20.1. The molecule has 0 unspecified atom stereocenters. The molecule has 2 aliphatic rings. The Morgan fingerprint density at radius 3 is 2.47 bits per heavy atom. The predicted molar refractivity (Wildman–Crippen MR) is 134 cm³/mol. The Kier molecular flexibility index (Phi) is 5.40. The zero-order valence-electron chi connectivity index (χ0n) is 20.1. The van der Waals surface area contributed by atoms with E-state index in [0.29, 0.717) is 11.7 Å². The van der Waals surface area contributed by atoms with Gasteiger partial charge in [0.15, 0.2) is 5.82 Å². The van der Waals surface area contributed by atoms with E-state index in [1.807, 2.05) is 49.6 Å². The van der Waals surface area contributed by atoms with Gasteiger partial charge in [-0.15, -0.1) is 0 Å². The molecule has 0 bridgehead atoms. The van der Waals surface area contributed by atoms with E-state index in [1.165, 1.54) is 7.11 Å². The molecule has 2 saturated carbocycles. The number of hydrogen-bond donors (Lipinski definition) is 1. The van der Waals surface area contributed by atoms with Gasteiger partial charge >= 0.3 is 5.97 Å². The third-order valence-electron chi connectivity index (χ3n) is 6.75. The van der Waals surface area contributed by atoms with E-state index in [4.69, 9.17) is 14.5 Å². The zero-order chi connectivity index (χ0) is 24.7. The van der Waals surface area contributed by atoms with E-state index in [9.17, 15) is 4.79 Å². The van der Waals surface area contributed by atoms with Crippen molar-refractivity contribution in [3.05, 3.63) is 66.7 Å². The maximum Gasteiger partial charge on any atom is 0.316 e. The lowest BCUT2D eigenvalue weighted by molar-refractivity contribution is -0.143. The van der Waals surface area contributed by atoms with Gasteiger partial charge in [-0.1, -0.05) is 30.3 Å². The van der Waals surface area contributed by atoms with E-state index in [0.717, 1.165) is 59.4 Å². The van der Waals surface area contributed by atoms with Gasteiger partial charge in [-0.2, -0.15) is 10.1 Å². The number of rotatable bonds is 8. The van der Waals surface area contributed by atoms with Crippen LogP contribution in [0.4, 0.5) is 11.6 Å². The molecule has 0 radical (unpaired) electrons. The summed E-state index contributed by atoms with van der Waals surface area (Å²) < 4.78 is 12.5. The third kappa shape index (κ3) is 4.17. The lowest BCUT2D eigenvalue weighted by atomic mass is 9.94. The molecule has 9 nitrogen and oxygen atoms in total. The van der Waals surface area contributed by atoms with Crippen molar-refractivity contribution in [3.63, 3.8) is 0 Å². The van der Waals surface area contributed by atoms with Gasteiger partial charge in [-0.25, -0.2) is 0 Å². The van der Waals surface area contributed by atoms with Crippen LogP contribution >= 0.6 is 0 Å². The van der Waals surface area contributed by atoms with E-state index in [2.05, 4.69) is 20.4 Å². The quantitative estimate of drug-likeness (QED) is 0.368. The van der Waals surface area contributed by atoms with Crippen LogP contribution in [0.1, 0.15) is 31.2 Å². The number of carbonyl (C=O) groups is 1. The van der Waals surface area contributed by atoms with Crippen LogP contribution in [0, 0.1) is 0 Å². The van der Waals surface area contributed by atoms with Crippen molar-refractivity contribution in [1.82, 2.24) is 24.7 Å². The molecule has 182 valence electrons. The van der Waals surface area contributed by atoms with Crippen molar-refractivity contribution in [2.45, 2.75) is 37.2 Å². The lowest BCUT2D eigenvalue weighted by Gasteiger charge is -2.13. The lowest BCUT2D eigenvalue weighted by Crippen LogP contribution is -2.21. The van der Waals surface area contributed by atoms with Crippen LogP contribution in [0.25, 0.3) is 22.4 Å². The third-order valence-corrected chi connectivity index (χ3v) is 6.75. The Bertz CT molecular complexity index is 1410. The van der Waals surface area contributed by atoms with E-state index in [-0.39, 0.29) is 12.1 Å². The minimum absolute atomic E-state index is 0.157. The van der Waals surface area contributed by atoms with Gasteiger partial charge in [-0.05, 0) is 42.9 Å². The van der Waals surface area contributed by atoms with Crippen LogP contribution in [0.15, 0.2) is 61.2 Å². The van der Waals surface area contributed by atoms with Crippen LogP contribution in [0.2, 0.25) is 0 Å². The second kappa shape index (κ2) is 8.75. The summed E-state index contributed by atoms with van der Waals surface area (Å²) in [4.78, 5) is 25.6. The number of methoxy groups -OCH3 is 1. The number of hydrogen-bond acceptors (Lipinski definition) is 8. The molecule has 0 aliphatic heterocycles. The van der Waals surface area contributed by atoms with E-state index >= 15 is 0 Å². The first-order chi connectivity index (χ1) is 17.6. The van der Waals surface area contributed by atoms with Crippen molar-refractivity contribution in [3.8, 4) is 28.3 Å². The molecule has 3 heterocycles. The molecular formula is C27H26N6O3. The number of pyridine rings is 1. The second-order valence-corrected chi connectivity index (χ2v) is 9.30. The topological polar surface area (TPSA) is 104 Å². The second-order valence-electron chi connectivity index (χ2n) is 9.30. The highest BCUT2D eigenvalue weighted by Gasteiger charge is 2.52. The molecule has 0 spiro atoms. The maximum atomic E-state index is 12.2. The molecule has 3 aromatic heterocycles. The molecule has 1 N–H and O–H groups in total. The summed E-state index contributed by atoms with van der Waals surface area (Å²) in [6.45, 7) is 0. The first-order valence-electron chi connectivity index (χ1n) is 12.0. The highest BCUT2D eigenvalue weighted by Crippen LogP contribution is 2.49. The number of nitrogens with one attached hydrogen (secondary N) is 1. The van der Waals surface area contributed by atoms with Crippen molar-refractivity contribution >= 4 is 17.6 Å². The fourth-order valence-corrected chi connectivity index (χ4v) is 4.35. The molecule has 0 saturated heterocycles. The van der Waals surface area contributed by atoms with Gasteiger partial charge in [0.1, 0.15) is 11.9 Å². The fourth-order valence-electron chi connectivity index (χ4n) is 4.35. The predicted octanol–water partition coefficient (Wildman–Crippen LogP) is 4.43. The van der Waals surface area contributed by atoms with Crippen LogP contribution in [-0.2, 0) is 22.0 Å². The van der Waals surface area contributed by atoms with Crippen LogP contribution < -0.4 is 10.1 Å². The molecule has 0 atom stereocenters. The molecule has 9 heteroatoms. The number of carbonyl (C=O) groups excluding carboxylic acids is 1. The molecule has 2 fully saturated rings. The summed E-state index contributed by atoms with van der Waals surface area (Å²) in [6, 6.07) is 12.1. The Hall–Kier alpha value is -4.27. The minimum Gasteiger partial charge on any atom is -0.473 e. The van der Waals surface area contributed by atoms with Crippen molar-refractivity contribution in [1.29, 1.82) is 0 Å². The number of aromatic nitrogens is 5. The summed E-state index contributed by atoms with van der Waals surface area (Å²) in [7, 11) is 3.31. The number of esters is 1. The Morgan fingerprint density at radius 2 is 1.81 bits per heavy atom. The summed E-state index contributed by atoms with van der Waals surface area (Å²) in [5, 5.41) is 7.72. The SMILES string of the molecule is COC(=O)C1(c2ccc(-c3ccc(-c4cnn(C)c4Nc4cncc(OC5CC5)n4)nc3)cc2)CC1. The summed E-state index contributed by atoms with van der Waals surface area (Å²) in [6.07, 6.45) is 10.9. The normalized spacial score (nSPS) is 15.8. The van der Waals surface area contributed by atoms with Gasteiger partial charge in [0.2, 0.25) is 5.88 Å². The highest BCUT2D eigenvalue weighted by molar-refractivity contribution is 5.86. The highest BCUT2D eigenvalue weighted by atomic mass is 16.5. The minimum atomic E-state index is -0.465. The number of nitrogens with zero attached hydrogens (tertiary/aromatic N) is 5. The van der Waals surface area contributed by atoms with Crippen molar-refractivity contribution in [2.75, 3.05) is 12.4 Å². The van der Waals surface area contributed by atoms with Crippen LogP contribution in [-0.4, -0.2) is 43.9 Å². The smallest absolute Gasteiger partial charge is 0.316 e. The van der Waals surface area contributed by atoms with E-state index in [1.54, 1.807) is 23.3 Å². The number of ether oxygens (including phenoxy) is 2. The first kappa shape index (κ1) is 22.2. The number of aryl methyl sites for hydroxylation is 1. The summed E-state index contributed by atoms with van der Waals surface area (Å²) >= 11 is 0. The molecule has 6 rings (SSSR count). The fraction of sp³-hybridized carbons (Fsp3) is 0.296. The monoisotopic (exact) mass is 482 g/mol. The van der Waals surface area contributed by atoms with Crippen molar-refractivity contribution < 1.29 is 14.3 Å². The molecule has 4 aromatic rings. The standard InChI is InChI=1S/C27H26N6O3/c1-33-25(32-23-15-28-16-24(31-23)36-20-8-9-20)21(14-30-33)22-10-5-18(13-29-22)17-3-6-19(7-4-17)27(11-12-27)26(34)35-2/h3-7,10,13-16,20H,8-9,11-12H2,1-2H3,(H,31,32). The number of benzene rings is 1. The Morgan fingerprint density at radius 1 is 1.03 bits per heavy atom. The van der Waals surface area contributed by atoms with Gasteiger partial charge in [0.25, 0.3) is 0 Å². The molecule has 2 aliphatic carbocycles.